The summed E-state index contributed by atoms with van der Waals surface area (Å²) >= 11 is 3.50. The quantitative estimate of drug-likeness (QED) is 0.290. The van der Waals surface area contributed by atoms with Crippen molar-refractivity contribution in [2.45, 2.75) is 20.5 Å². The molecule has 0 aromatic heterocycles. The molecule has 0 unspecified atom stereocenters. The SMILES string of the molecule is CCOc1ccc(N2C(=O)NC(=O)/C(=C/c3cc(Br)c(OCc4ccc(C)cc4)c(OC)c3)C2=O)cc1. The third kappa shape index (κ3) is 5.83. The van der Waals surface area contributed by atoms with E-state index < -0.39 is 17.8 Å². The second-order valence-corrected chi connectivity index (χ2v) is 9.05. The maximum atomic E-state index is 13.2. The van der Waals surface area contributed by atoms with E-state index in [0.717, 1.165) is 16.0 Å². The van der Waals surface area contributed by atoms with Gasteiger partial charge in [0.2, 0.25) is 0 Å². The number of hydrogen-bond donors (Lipinski definition) is 1. The Morgan fingerprint density at radius 1 is 0.973 bits per heavy atom. The molecule has 0 spiro atoms. The number of aryl methyl sites for hydroxylation is 1. The number of rotatable bonds is 8. The Morgan fingerprint density at radius 2 is 1.68 bits per heavy atom. The van der Waals surface area contributed by atoms with E-state index >= 15 is 0 Å². The number of carbonyl (C=O) groups is 3. The van der Waals surface area contributed by atoms with Gasteiger partial charge in [-0.05, 0) is 83.4 Å². The summed E-state index contributed by atoms with van der Waals surface area (Å²) in [5, 5.41) is 2.23. The van der Waals surface area contributed by atoms with Crippen LogP contribution in [0.4, 0.5) is 10.5 Å². The Balaban J connectivity index is 1.61. The summed E-state index contributed by atoms with van der Waals surface area (Å²) < 4.78 is 17.5. The average Bonchev–Trinajstić information content (AvgIpc) is 2.87. The summed E-state index contributed by atoms with van der Waals surface area (Å²) in [4.78, 5) is 39.2. The Hall–Kier alpha value is -4.11. The summed E-state index contributed by atoms with van der Waals surface area (Å²) in [6.45, 7) is 4.69. The van der Waals surface area contributed by atoms with Gasteiger partial charge in [-0.3, -0.25) is 14.9 Å². The van der Waals surface area contributed by atoms with Crippen LogP contribution in [0.2, 0.25) is 0 Å². The van der Waals surface area contributed by atoms with Gasteiger partial charge in [0.25, 0.3) is 11.8 Å². The summed E-state index contributed by atoms with van der Waals surface area (Å²) in [7, 11) is 1.50. The van der Waals surface area contributed by atoms with Crippen LogP contribution >= 0.6 is 15.9 Å². The van der Waals surface area contributed by atoms with E-state index in [9.17, 15) is 14.4 Å². The molecule has 3 aromatic rings. The van der Waals surface area contributed by atoms with Gasteiger partial charge in [0, 0.05) is 0 Å². The largest absolute Gasteiger partial charge is 0.494 e. The lowest BCUT2D eigenvalue weighted by molar-refractivity contribution is -0.122. The highest BCUT2D eigenvalue weighted by atomic mass is 79.9. The highest BCUT2D eigenvalue weighted by molar-refractivity contribution is 9.10. The molecule has 0 radical (unpaired) electrons. The predicted octanol–water partition coefficient (Wildman–Crippen LogP) is 5.41. The molecule has 1 saturated heterocycles. The van der Waals surface area contributed by atoms with Crippen molar-refractivity contribution in [2.24, 2.45) is 0 Å². The average molecular weight is 565 g/mol. The van der Waals surface area contributed by atoms with E-state index in [1.807, 2.05) is 38.1 Å². The van der Waals surface area contributed by atoms with Crippen LogP contribution in [-0.2, 0) is 16.2 Å². The first-order valence-corrected chi connectivity index (χ1v) is 12.3. The van der Waals surface area contributed by atoms with Crippen molar-refractivity contribution < 1.29 is 28.6 Å². The number of benzene rings is 3. The number of nitrogens with one attached hydrogen (secondary N) is 1. The van der Waals surface area contributed by atoms with Gasteiger partial charge >= 0.3 is 6.03 Å². The number of nitrogens with zero attached hydrogens (tertiary/aromatic N) is 1. The van der Waals surface area contributed by atoms with Gasteiger partial charge in [-0.25, -0.2) is 9.69 Å². The van der Waals surface area contributed by atoms with Crippen LogP contribution in [-0.4, -0.2) is 31.6 Å². The Bertz CT molecular complexity index is 1370. The third-order valence-corrected chi connectivity index (χ3v) is 6.16. The predicted molar refractivity (Wildman–Crippen MR) is 143 cm³/mol. The molecule has 0 atom stereocenters. The van der Waals surface area contributed by atoms with E-state index in [1.54, 1.807) is 36.4 Å². The van der Waals surface area contributed by atoms with Crippen molar-refractivity contribution in [3.8, 4) is 17.2 Å². The molecule has 4 rings (SSSR count). The Kier molecular flexibility index (Phi) is 7.93. The smallest absolute Gasteiger partial charge is 0.335 e. The number of anilines is 1. The lowest BCUT2D eigenvalue weighted by atomic mass is 10.1. The van der Waals surface area contributed by atoms with Crippen LogP contribution in [0, 0.1) is 6.92 Å². The van der Waals surface area contributed by atoms with Crippen molar-refractivity contribution >= 4 is 45.5 Å². The zero-order valence-corrected chi connectivity index (χ0v) is 22.1. The monoisotopic (exact) mass is 564 g/mol. The molecular weight excluding hydrogens is 540 g/mol. The molecule has 37 heavy (non-hydrogen) atoms. The summed E-state index contributed by atoms with van der Waals surface area (Å²) in [5.41, 5.74) is 2.77. The summed E-state index contributed by atoms with van der Waals surface area (Å²) in [6, 6.07) is 17.0. The molecule has 1 aliphatic heterocycles. The van der Waals surface area contributed by atoms with E-state index in [0.29, 0.717) is 46.2 Å². The maximum Gasteiger partial charge on any atom is 0.335 e. The number of amides is 4. The van der Waals surface area contributed by atoms with Gasteiger partial charge in [0.05, 0.1) is 23.9 Å². The van der Waals surface area contributed by atoms with E-state index in [-0.39, 0.29) is 5.57 Å². The van der Waals surface area contributed by atoms with E-state index in [2.05, 4.69) is 21.2 Å². The Labute approximate surface area is 223 Å². The minimum absolute atomic E-state index is 0.198. The van der Waals surface area contributed by atoms with Gasteiger partial charge in [-0.15, -0.1) is 0 Å². The summed E-state index contributed by atoms with van der Waals surface area (Å²) in [5.74, 6) is -0.0310. The molecule has 1 N–H and O–H groups in total. The normalized spacial score (nSPS) is 14.5. The number of hydrogen-bond acceptors (Lipinski definition) is 6. The van der Waals surface area contributed by atoms with Crippen LogP contribution in [0.15, 0.2) is 70.7 Å². The fourth-order valence-electron chi connectivity index (χ4n) is 3.72. The number of methoxy groups -OCH3 is 1. The van der Waals surface area contributed by atoms with Crippen LogP contribution in [0.1, 0.15) is 23.6 Å². The number of barbiturate groups is 1. The molecule has 0 bridgehead atoms. The topological polar surface area (TPSA) is 94.2 Å². The third-order valence-electron chi connectivity index (χ3n) is 5.57. The standard InChI is InChI=1S/C28H25BrN2O6/c1-4-36-21-11-9-20(10-12-21)31-27(33)22(26(32)30-28(31)34)13-19-14-23(29)25(24(15-19)35-3)37-16-18-7-5-17(2)6-8-18/h5-15H,4,16H2,1-3H3,(H,30,32,34)/b22-13-. The number of carbonyl (C=O) groups excluding carboxylic acids is 3. The highest BCUT2D eigenvalue weighted by Gasteiger charge is 2.37. The second kappa shape index (κ2) is 11.3. The molecule has 0 saturated carbocycles. The van der Waals surface area contributed by atoms with Gasteiger partial charge in [-0.1, -0.05) is 29.8 Å². The molecule has 8 nitrogen and oxygen atoms in total. The molecule has 0 aliphatic carbocycles. The molecule has 9 heteroatoms. The van der Waals surface area contributed by atoms with Gasteiger partial charge < -0.3 is 14.2 Å². The Morgan fingerprint density at radius 3 is 2.32 bits per heavy atom. The van der Waals surface area contributed by atoms with Crippen molar-refractivity contribution in [3.63, 3.8) is 0 Å². The molecule has 4 amide bonds. The number of imide groups is 2. The van der Waals surface area contributed by atoms with Gasteiger partial charge in [0.15, 0.2) is 11.5 Å². The maximum absolute atomic E-state index is 13.2. The molecule has 1 fully saturated rings. The van der Waals surface area contributed by atoms with E-state index in [4.69, 9.17) is 14.2 Å². The van der Waals surface area contributed by atoms with Crippen molar-refractivity contribution in [3.05, 3.63) is 87.4 Å². The fourth-order valence-corrected chi connectivity index (χ4v) is 4.29. The van der Waals surface area contributed by atoms with Gasteiger partial charge in [-0.2, -0.15) is 0 Å². The van der Waals surface area contributed by atoms with Crippen LogP contribution in [0.3, 0.4) is 0 Å². The van der Waals surface area contributed by atoms with Crippen molar-refractivity contribution in [1.29, 1.82) is 0 Å². The first-order valence-electron chi connectivity index (χ1n) is 11.5. The van der Waals surface area contributed by atoms with E-state index in [1.165, 1.54) is 13.2 Å². The van der Waals surface area contributed by atoms with Crippen molar-refractivity contribution in [1.82, 2.24) is 5.32 Å². The van der Waals surface area contributed by atoms with Crippen LogP contribution in [0.5, 0.6) is 17.2 Å². The highest BCUT2D eigenvalue weighted by Crippen LogP contribution is 2.38. The zero-order valence-electron chi connectivity index (χ0n) is 20.5. The lowest BCUT2D eigenvalue weighted by Gasteiger charge is -2.26. The minimum atomic E-state index is -0.824. The lowest BCUT2D eigenvalue weighted by Crippen LogP contribution is -2.54. The van der Waals surface area contributed by atoms with Crippen LogP contribution in [0.25, 0.3) is 6.08 Å². The first-order chi connectivity index (χ1) is 17.8. The van der Waals surface area contributed by atoms with Crippen LogP contribution < -0.4 is 24.4 Å². The number of halogens is 1. The molecule has 3 aromatic carbocycles. The first kappa shape index (κ1) is 26.0. The van der Waals surface area contributed by atoms with Crippen molar-refractivity contribution in [2.75, 3.05) is 18.6 Å². The zero-order chi connectivity index (χ0) is 26.5. The number of urea groups is 1. The summed E-state index contributed by atoms with van der Waals surface area (Å²) in [6.07, 6.45) is 1.41. The fraction of sp³-hybridized carbons (Fsp3) is 0.179. The molecule has 190 valence electrons. The number of ether oxygens (including phenoxy) is 3. The van der Waals surface area contributed by atoms with Gasteiger partial charge in [0.1, 0.15) is 17.9 Å². The molecule has 1 aliphatic rings. The second-order valence-electron chi connectivity index (χ2n) is 8.19. The molecular formula is C28H25BrN2O6. The molecule has 1 heterocycles. The minimum Gasteiger partial charge on any atom is -0.494 e.